The molecule has 1 N–H and O–H groups in total. The SMILES string of the molecule is c1ccc2c(c1)CCC2NCc1ccc(C2CC2)cc1. The number of rotatable bonds is 4. The van der Waals surface area contributed by atoms with Crippen LogP contribution >= 0.6 is 0 Å². The Morgan fingerprint density at radius 2 is 1.70 bits per heavy atom. The Kier molecular flexibility index (Phi) is 3.08. The molecule has 0 saturated heterocycles. The van der Waals surface area contributed by atoms with Crippen LogP contribution < -0.4 is 5.32 Å². The molecule has 0 bridgehead atoms. The van der Waals surface area contributed by atoms with Crippen LogP contribution in [0.2, 0.25) is 0 Å². The van der Waals surface area contributed by atoms with E-state index in [-0.39, 0.29) is 0 Å². The topological polar surface area (TPSA) is 12.0 Å². The summed E-state index contributed by atoms with van der Waals surface area (Å²) in [5.74, 6) is 0.860. The summed E-state index contributed by atoms with van der Waals surface area (Å²) in [4.78, 5) is 0. The monoisotopic (exact) mass is 263 g/mol. The Morgan fingerprint density at radius 1 is 0.900 bits per heavy atom. The summed E-state index contributed by atoms with van der Waals surface area (Å²) in [7, 11) is 0. The number of hydrogen-bond acceptors (Lipinski definition) is 1. The highest BCUT2D eigenvalue weighted by atomic mass is 14.9. The summed E-state index contributed by atoms with van der Waals surface area (Å²) in [5.41, 5.74) is 5.95. The van der Waals surface area contributed by atoms with E-state index >= 15 is 0 Å². The minimum atomic E-state index is 0.536. The fraction of sp³-hybridized carbons (Fsp3) is 0.368. The van der Waals surface area contributed by atoms with E-state index in [1.54, 1.807) is 0 Å². The molecule has 0 radical (unpaired) electrons. The molecule has 4 rings (SSSR count). The quantitative estimate of drug-likeness (QED) is 0.865. The summed E-state index contributed by atoms with van der Waals surface area (Å²) in [6.07, 6.45) is 5.22. The number of fused-ring (bicyclic) bond motifs is 1. The van der Waals surface area contributed by atoms with Gasteiger partial charge < -0.3 is 5.32 Å². The average Bonchev–Trinajstić information content (AvgIpc) is 3.27. The lowest BCUT2D eigenvalue weighted by atomic mass is 10.1. The minimum Gasteiger partial charge on any atom is -0.306 e. The van der Waals surface area contributed by atoms with Gasteiger partial charge in [-0.05, 0) is 53.9 Å². The van der Waals surface area contributed by atoms with Crippen molar-refractivity contribution in [3.63, 3.8) is 0 Å². The maximum Gasteiger partial charge on any atom is 0.0329 e. The fourth-order valence-corrected chi connectivity index (χ4v) is 3.33. The van der Waals surface area contributed by atoms with Crippen molar-refractivity contribution in [2.45, 2.75) is 44.2 Å². The molecular weight excluding hydrogens is 242 g/mol. The third-order valence-corrected chi connectivity index (χ3v) is 4.71. The Labute approximate surface area is 121 Å². The molecule has 1 heteroatoms. The number of aryl methyl sites for hydroxylation is 1. The third kappa shape index (κ3) is 2.38. The van der Waals surface area contributed by atoms with Gasteiger partial charge in [-0.15, -0.1) is 0 Å². The van der Waals surface area contributed by atoms with E-state index in [2.05, 4.69) is 53.8 Å². The first kappa shape index (κ1) is 12.2. The normalized spacial score (nSPS) is 20.9. The number of nitrogens with one attached hydrogen (secondary N) is 1. The lowest BCUT2D eigenvalue weighted by Crippen LogP contribution is -2.18. The molecule has 2 aromatic carbocycles. The van der Waals surface area contributed by atoms with Gasteiger partial charge in [0.2, 0.25) is 0 Å². The van der Waals surface area contributed by atoms with Crippen LogP contribution in [0.25, 0.3) is 0 Å². The summed E-state index contributed by atoms with van der Waals surface area (Å²) >= 11 is 0. The highest BCUT2D eigenvalue weighted by Crippen LogP contribution is 2.40. The van der Waals surface area contributed by atoms with Gasteiger partial charge in [0.25, 0.3) is 0 Å². The second-order valence-electron chi connectivity index (χ2n) is 6.19. The molecule has 1 atom stereocenters. The van der Waals surface area contributed by atoms with Crippen LogP contribution in [-0.2, 0) is 13.0 Å². The molecule has 1 saturated carbocycles. The smallest absolute Gasteiger partial charge is 0.0329 e. The highest BCUT2D eigenvalue weighted by molar-refractivity contribution is 5.34. The predicted octanol–water partition coefficient (Wildman–Crippen LogP) is 4.34. The summed E-state index contributed by atoms with van der Waals surface area (Å²) < 4.78 is 0. The van der Waals surface area contributed by atoms with Crippen molar-refractivity contribution in [1.82, 2.24) is 5.32 Å². The molecule has 0 aliphatic heterocycles. The van der Waals surface area contributed by atoms with Gasteiger partial charge in [-0.3, -0.25) is 0 Å². The first-order valence-corrected chi connectivity index (χ1v) is 7.80. The van der Waals surface area contributed by atoms with Gasteiger partial charge in [-0.25, -0.2) is 0 Å². The van der Waals surface area contributed by atoms with E-state index in [9.17, 15) is 0 Å². The highest BCUT2D eigenvalue weighted by Gasteiger charge is 2.23. The van der Waals surface area contributed by atoms with E-state index in [1.165, 1.54) is 47.9 Å². The molecule has 1 unspecified atom stereocenters. The van der Waals surface area contributed by atoms with Gasteiger partial charge >= 0.3 is 0 Å². The molecule has 2 aromatic rings. The lowest BCUT2D eigenvalue weighted by Gasteiger charge is -2.14. The Bertz CT molecular complexity index is 595. The molecule has 102 valence electrons. The van der Waals surface area contributed by atoms with Gasteiger partial charge in [-0.2, -0.15) is 0 Å². The second kappa shape index (κ2) is 5.06. The van der Waals surface area contributed by atoms with Crippen LogP contribution in [0.5, 0.6) is 0 Å². The zero-order valence-electron chi connectivity index (χ0n) is 11.8. The molecule has 0 heterocycles. The maximum absolute atomic E-state index is 3.72. The van der Waals surface area contributed by atoms with Crippen LogP contribution in [-0.4, -0.2) is 0 Å². The zero-order chi connectivity index (χ0) is 13.4. The van der Waals surface area contributed by atoms with Gasteiger partial charge in [0, 0.05) is 12.6 Å². The van der Waals surface area contributed by atoms with Crippen molar-refractivity contribution in [2.24, 2.45) is 0 Å². The van der Waals surface area contributed by atoms with Gasteiger partial charge in [-0.1, -0.05) is 48.5 Å². The van der Waals surface area contributed by atoms with Crippen LogP contribution in [0.15, 0.2) is 48.5 Å². The molecule has 2 aliphatic carbocycles. The van der Waals surface area contributed by atoms with Crippen molar-refractivity contribution >= 4 is 0 Å². The van der Waals surface area contributed by atoms with Gasteiger partial charge in [0.1, 0.15) is 0 Å². The maximum atomic E-state index is 3.72. The molecule has 20 heavy (non-hydrogen) atoms. The first-order chi connectivity index (χ1) is 9.90. The Hall–Kier alpha value is -1.60. The average molecular weight is 263 g/mol. The molecule has 2 aliphatic rings. The third-order valence-electron chi connectivity index (χ3n) is 4.71. The molecule has 0 amide bonds. The Balaban J connectivity index is 1.41. The van der Waals surface area contributed by atoms with Crippen molar-refractivity contribution < 1.29 is 0 Å². The molecule has 1 fully saturated rings. The van der Waals surface area contributed by atoms with Crippen LogP contribution in [0.4, 0.5) is 0 Å². The van der Waals surface area contributed by atoms with Gasteiger partial charge in [0.15, 0.2) is 0 Å². The largest absolute Gasteiger partial charge is 0.306 e. The summed E-state index contributed by atoms with van der Waals surface area (Å²) in [6.45, 7) is 0.976. The lowest BCUT2D eigenvalue weighted by molar-refractivity contribution is 0.530. The van der Waals surface area contributed by atoms with Crippen molar-refractivity contribution in [3.8, 4) is 0 Å². The van der Waals surface area contributed by atoms with E-state index in [0.29, 0.717) is 6.04 Å². The fourth-order valence-electron chi connectivity index (χ4n) is 3.33. The van der Waals surface area contributed by atoms with E-state index in [0.717, 1.165) is 12.5 Å². The minimum absolute atomic E-state index is 0.536. The summed E-state index contributed by atoms with van der Waals surface area (Å²) in [5, 5.41) is 3.72. The molecule has 1 nitrogen and oxygen atoms in total. The van der Waals surface area contributed by atoms with E-state index in [1.807, 2.05) is 0 Å². The zero-order valence-corrected chi connectivity index (χ0v) is 11.8. The second-order valence-corrected chi connectivity index (χ2v) is 6.19. The molecule has 0 spiro atoms. The molecule has 0 aromatic heterocycles. The van der Waals surface area contributed by atoms with E-state index in [4.69, 9.17) is 0 Å². The number of hydrogen-bond donors (Lipinski definition) is 1. The van der Waals surface area contributed by atoms with Crippen molar-refractivity contribution in [3.05, 3.63) is 70.8 Å². The van der Waals surface area contributed by atoms with E-state index < -0.39 is 0 Å². The number of benzene rings is 2. The van der Waals surface area contributed by atoms with Gasteiger partial charge in [0.05, 0.1) is 0 Å². The van der Waals surface area contributed by atoms with Crippen molar-refractivity contribution in [1.29, 1.82) is 0 Å². The summed E-state index contributed by atoms with van der Waals surface area (Å²) in [6, 6.07) is 18.6. The predicted molar refractivity (Wildman–Crippen MR) is 82.8 cm³/mol. The van der Waals surface area contributed by atoms with Crippen LogP contribution in [0.1, 0.15) is 53.5 Å². The Morgan fingerprint density at radius 3 is 2.50 bits per heavy atom. The van der Waals surface area contributed by atoms with Crippen LogP contribution in [0.3, 0.4) is 0 Å². The molecular formula is C19H21N. The van der Waals surface area contributed by atoms with Crippen molar-refractivity contribution in [2.75, 3.05) is 0 Å². The van der Waals surface area contributed by atoms with Crippen LogP contribution in [0, 0.1) is 0 Å². The first-order valence-electron chi connectivity index (χ1n) is 7.80. The standard InChI is InChI=1S/C19H21N/c1-2-4-18-17(3-1)11-12-19(18)20-13-14-5-7-15(8-6-14)16-9-10-16/h1-8,16,19-20H,9-13H2.